The van der Waals surface area contributed by atoms with Crippen molar-refractivity contribution in [2.75, 3.05) is 32.1 Å². The van der Waals surface area contributed by atoms with Crippen LogP contribution >= 0.6 is 0 Å². The van der Waals surface area contributed by atoms with Gasteiger partial charge in [-0.15, -0.1) is 0 Å². The van der Waals surface area contributed by atoms with Crippen molar-refractivity contribution in [2.24, 2.45) is 0 Å². The van der Waals surface area contributed by atoms with E-state index >= 15 is 0 Å². The number of nitrogens with zero attached hydrogens (tertiary/aromatic N) is 2. The number of hydrogen-bond donors (Lipinski definition) is 1. The van der Waals surface area contributed by atoms with Crippen LogP contribution in [0.25, 0.3) is 0 Å². The number of aliphatic hydroxyl groups is 1. The summed E-state index contributed by atoms with van der Waals surface area (Å²) in [6, 6.07) is 8.60. The SMILES string of the molecule is COc1ccc(S(=O)(=O)N(CC(=O)N(C)C2CCCCC2O)c2ccc(F)cc2)cc1OC. The van der Waals surface area contributed by atoms with Crippen LogP contribution in [-0.2, 0) is 14.8 Å². The van der Waals surface area contributed by atoms with E-state index in [1.807, 2.05) is 0 Å². The molecule has 2 unspecified atom stereocenters. The Labute approximate surface area is 193 Å². The summed E-state index contributed by atoms with van der Waals surface area (Å²) in [4.78, 5) is 14.4. The van der Waals surface area contributed by atoms with Crippen LogP contribution in [0.2, 0.25) is 0 Å². The highest BCUT2D eigenvalue weighted by Gasteiger charge is 2.33. The van der Waals surface area contributed by atoms with Gasteiger partial charge in [-0.3, -0.25) is 9.10 Å². The number of methoxy groups -OCH3 is 2. The molecule has 0 saturated heterocycles. The second-order valence-corrected chi connectivity index (χ2v) is 9.79. The van der Waals surface area contributed by atoms with Crippen LogP contribution in [0.3, 0.4) is 0 Å². The Kier molecular flexibility index (Phi) is 7.80. The highest BCUT2D eigenvalue weighted by molar-refractivity contribution is 7.92. The van der Waals surface area contributed by atoms with Gasteiger partial charge in [0, 0.05) is 13.1 Å². The molecule has 0 aliphatic heterocycles. The van der Waals surface area contributed by atoms with E-state index in [9.17, 15) is 22.7 Å². The van der Waals surface area contributed by atoms with Crippen molar-refractivity contribution in [1.82, 2.24) is 4.90 Å². The molecule has 2 aromatic carbocycles. The lowest BCUT2D eigenvalue weighted by Gasteiger charge is -2.36. The molecule has 1 aliphatic carbocycles. The Morgan fingerprint density at radius 3 is 2.30 bits per heavy atom. The summed E-state index contributed by atoms with van der Waals surface area (Å²) in [6.07, 6.45) is 2.34. The number of rotatable bonds is 8. The van der Waals surface area contributed by atoms with E-state index < -0.39 is 34.4 Å². The molecule has 1 saturated carbocycles. The zero-order chi connectivity index (χ0) is 24.2. The van der Waals surface area contributed by atoms with E-state index in [-0.39, 0.29) is 22.4 Å². The van der Waals surface area contributed by atoms with E-state index in [4.69, 9.17) is 9.47 Å². The third kappa shape index (κ3) is 5.39. The largest absolute Gasteiger partial charge is 0.493 e. The van der Waals surface area contributed by atoms with Crippen LogP contribution in [0, 0.1) is 5.82 Å². The second-order valence-electron chi connectivity index (χ2n) is 7.93. The summed E-state index contributed by atoms with van der Waals surface area (Å²) in [6.45, 7) is -0.512. The van der Waals surface area contributed by atoms with Crippen molar-refractivity contribution in [3.63, 3.8) is 0 Å². The summed E-state index contributed by atoms with van der Waals surface area (Å²) >= 11 is 0. The van der Waals surface area contributed by atoms with Crippen molar-refractivity contribution >= 4 is 21.6 Å². The van der Waals surface area contributed by atoms with Gasteiger partial charge in [-0.05, 0) is 49.2 Å². The van der Waals surface area contributed by atoms with E-state index in [0.717, 1.165) is 29.3 Å². The highest BCUT2D eigenvalue weighted by atomic mass is 32.2. The molecule has 1 amide bonds. The molecule has 0 radical (unpaired) electrons. The van der Waals surface area contributed by atoms with Gasteiger partial charge in [-0.2, -0.15) is 0 Å². The van der Waals surface area contributed by atoms with Gasteiger partial charge < -0.3 is 19.5 Å². The fourth-order valence-corrected chi connectivity index (χ4v) is 5.42. The summed E-state index contributed by atoms with van der Waals surface area (Å²) in [5, 5.41) is 10.3. The summed E-state index contributed by atoms with van der Waals surface area (Å²) in [5.74, 6) is -0.441. The average Bonchev–Trinajstić information content (AvgIpc) is 2.82. The molecule has 2 atom stereocenters. The summed E-state index contributed by atoms with van der Waals surface area (Å²) in [5.41, 5.74) is 0.136. The Morgan fingerprint density at radius 2 is 1.70 bits per heavy atom. The van der Waals surface area contributed by atoms with Crippen LogP contribution in [0.15, 0.2) is 47.4 Å². The minimum atomic E-state index is -4.23. The first kappa shape index (κ1) is 24.8. The molecular formula is C23H29FN2O6S. The zero-order valence-electron chi connectivity index (χ0n) is 18.9. The Hall–Kier alpha value is -2.85. The zero-order valence-corrected chi connectivity index (χ0v) is 19.7. The number of carbonyl (C=O) groups is 1. The quantitative estimate of drug-likeness (QED) is 0.624. The first-order valence-corrected chi connectivity index (χ1v) is 12.1. The first-order valence-electron chi connectivity index (χ1n) is 10.6. The molecule has 2 aromatic rings. The topological polar surface area (TPSA) is 96.4 Å². The van der Waals surface area contributed by atoms with Crippen LogP contribution in [-0.4, -0.2) is 64.3 Å². The monoisotopic (exact) mass is 480 g/mol. The maximum absolute atomic E-state index is 13.6. The van der Waals surface area contributed by atoms with Gasteiger partial charge in [0.05, 0.1) is 36.9 Å². The predicted octanol–water partition coefficient (Wildman–Crippen LogP) is 2.80. The lowest BCUT2D eigenvalue weighted by Crippen LogP contribution is -2.50. The number of likely N-dealkylation sites (N-methyl/N-ethyl adjacent to an activating group) is 1. The Balaban J connectivity index is 1.97. The first-order chi connectivity index (χ1) is 15.7. The lowest BCUT2D eigenvalue weighted by molar-refractivity contribution is -0.133. The van der Waals surface area contributed by atoms with Crippen LogP contribution in [0.4, 0.5) is 10.1 Å². The second kappa shape index (κ2) is 10.4. The Bertz CT molecular complexity index is 1080. The third-order valence-corrected chi connectivity index (χ3v) is 7.69. The van der Waals surface area contributed by atoms with E-state index in [1.165, 1.54) is 49.5 Å². The minimum absolute atomic E-state index is 0.113. The average molecular weight is 481 g/mol. The highest BCUT2D eigenvalue weighted by Crippen LogP contribution is 2.32. The summed E-state index contributed by atoms with van der Waals surface area (Å²) < 4.78 is 52.1. The molecule has 8 nitrogen and oxygen atoms in total. The Morgan fingerprint density at radius 1 is 1.06 bits per heavy atom. The molecule has 0 heterocycles. The third-order valence-electron chi connectivity index (χ3n) is 5.92. The molecular weight excluding hydrogens is 451 g/mol. The summed E-state index contributed by atoms with van der Waals surface area (Å²) in [7, 11) is 0.155. The standard InChI is InChI=1S/C23H29FN2O6S/c1-25(19-6-4-5-7-20(19)27)23(28)15-26(17-10-8-16(24)9-11-17)33(29,30)18-12-13-21(31-2)22(14-18)32-3/h8-14,19-20,27H,4-7,15H2,1-3H3. The van der Waals surface area contributed by atoms with E-state index in [0.29, 0.717) is 18.6 Å². The number of hydrogen-bond acceptors (Lipinski definition) is 6. The lowest BCUT2D eigenvalue weighted by atomic mass is 9.91. The van der Waals surface area contributed by atoms with Gasteiger partial charge in [-0.25, -0.2) is 12.8 Å². The van der Waals surface area contributed by atoms with Crippen molar-refractivity contribution in [3.8, 4) is 11.5 Å². The predicted molar refractivity (Wildman–Crippen MR) is 122 cm³/mol. The molecule has 1 aliphatic rings. The number of benzene rings is 2. The number of halogens is 1. The molecule has 0 aromatic heterocycles. The van der Waals surface area contributed by atoms with Crippen molar-refractivity contribution in [2.45, 2.75) is 42.7 Å². The maximum Gasteiger partial charge on any atom is 0.264 e. The van der Waals surface area contributed by atoms with Gasteiger partial charge in [0.25, 0.3) is 10.0 Å². The molecule has 1 fully saturated rings. The van der Waals surface area contributed by atoms with Crippen LogP contribution < -0.4 is 13.8 Å². The number of sulfonamides is 1. The van der Waals surface area contributed by atoms with Crippen molar-refractivity contribution in [3.05, 3.63) is 48.3 Å². The molecule has 33 heavy (non-hydrogen) atoms. The van der Waals surface area contributed by atoms with E-state index in [1.54, 1.807) is 7.05 Å². The number of amides is 1. The fourth-order valence-electron chi connectivity index (χ4n) is 3.99. The smallest absolute Gasteiger partial charge is 0.264 e. The van der Waals surface area contributed by atoms with Crippen LogP contribution in [0.5, 0.6) is 11.5 Å². The van der Waals surface area contributed by atoms with Gasteiger partial charge >= 0.3 is 0 Å². The molecule has 3 rings (SSSR count). The normalized spacial score (nSPS) is 18.5. The van der Waals surface area contributed by atoms with E-state index in [2.05, 4.69) is 0 Å². The fraction of sp³-hybridized carbons (Fsp3) is 0.435. The molecule has 1 N–H and O–H groups in total. The van der Waals surface area contributed by atoms with Crippen molar-refractivity contribution in [1.29, 1.82) is 0 Å². The van der Waals surface area contributed by atoms with Gasteiger partial charge in [0.15, 0.2) is 11.5 Å². The maximum atomic E-state index is 13.6. The van der Waals surface area contributed by atoms with Gasteiger partial charge in [-0.1, -0.05) is 12.8 Å². The van der Waals surface area contributed by atoms with Gasteiger partial charge in [0.2, 0.25) is 5.91 Å². The molecule has 180 valence electrons. The number of carbonyl (C=O) groups excluding carboxylic acids is 1. The molecule has 10 heteroatoms. The number of aliphatic hydroxyl groups excluding tert-OH is 1. The van der Waals surface area contributed by atoms with Gasteiger partial charge in [0.1, 0.15) is 12.4 Å². The van der Waals surface area contributed by atoms with Crippen LogP contribution in [0.1, 0.15) is 25.7 Å². The molecule has 0 bridgehead atoms. The number of ether oxygens (including phenoxy) is 2. The number of anilines is 1. The minimum Gasteiger partial charge on any atom is -0.493 e. The van der Waals surface area contributed by atoms with Crippen molar-refractivity contribution < 1.29 is 32.2 Å². The molecule has 0 spiro atoms.